The second kappa shape index (κ2) is 5.85. The molecule has 0 aromatic carbocycles. The van der Waals surface area contributed by atoms with E-state index in [1.54, 1.807) is 24.4 Å². The lowest BCUT2D eigenvalue weighted by Crippen LogP contribution is -2.33. The number of nitriles is 2. The van der Waals surface area contributed by atoms with E-state index in [4.69, 9.17) is 14.7 Å². The van der Waals surface area contributed by atoms with Gasteiger partial charge in [0.25, 0.3) is 0 Å². The van der Waals surface area contributed by atoms with E-state index in [1.165, 1.54) is 14.2 Å². The van der Waals surface area contributed by atoms with Crippen molar-refractivity contribution < 1.29 is 9.47 Å². The Hall–Kier alpha value is -2.86. The van der Waals surface area contributed by atoms with Gasteiger partial charge in [0, 0.05) is 6.20 Å². The minimum atomic E-state index is -0.504. The fourth-order valence-electron chi connectivity index (χ4n) is 2.08. The zero-order valence-electron chi connectivity index (χ0n) is 11.1. The lowest BCUT2D eigenvalue weighted by molar-refractivity contribution is 0.362. The number of allylic oxidation sites excluding steroid dienone is 2. The summed E-state index contributed by atoms with van der Waals surface area (Å²) in [4.78, 5) is 8.52. The lowest BCUT2D eigenvalue weighted by atomic mass is 9.88. The number of aliphatic imine (C=N–C) groups is 2. The maximum absolute atomic E-state index is 9.26. The number of ether oxygens (including phenoxy) is 2. The highest BCUT2D eigenvalue weighted by molar-refractivity contribution is 6.00. The van der Waals surface area contributed by atoms with E-state index in [-0.39, 0.29) is 5.90 Å². The molecule has 2 atom stereocenters. The van der Waals surface area contributed by atoms with E-state index in [1.807, 2.05) is 6.07 Å². The van der Waals surface area contributed by atoms with Crippen LogP contribution >= 0.6 is 0 Å². The summed E-state index contributed by atoms with van der Waals surface area (Å²) >= 11 is 0. The van der Waals surface area contributed by atoms with E-state index in [0.29, 0.717) is 17.0 Å². The molecule has 6 heteroatoms. The summed E-state index contributed by atoms with van der Waals surface area (Å²) in [5, 5.41) is 18.4. The molecule has 0 radical (unpaired) electrons. The largest absolute Gasteiger partial charge is 0.484 e. The molecule has 0 aromatic heterocycles. The van der Waals surface area contributed by atoms with E-state index in [2.05, 4.69) is 16.1 Å². The standard InChI is InChI=1S/C14H12N4O2/c1-19-13-10(8-16)6-11-12(18-13)9(7-15)4-3-5-17-14(11)20-2/h3-6,11-12H,1-2H3/b5-3-,9-4-,17-14?. The van der Waals surface area contributed by atoms with Crippen LogP contribution in [0.15, 0.2) is 45.6 Å². The third-order valence-corrected chi connectivity index (χ3v) is 2.99. The van der Waals surface area contributed by atoms with Crippen LogP contribution in [0.2, 0.25) is 0 Å². The smallest absolute Gasteiger partial charge is 0.227 e. The number of fused-ring (bicyclic) bond motifs is 1. The zero-order valence-corrected chi connectivity index (χ0v) is 11.1. The first-order chi connectivity index (χ1) is 9.74. The molecule has 2 unspecified atom stereocenters. The molecule has 2 aliphatic heterocycles. The van der Waals surface area contributed by atoms with Crippen molar-refractivity contribution in [2.45, 2.75) is 6.04 Å². The topological polar surface area (TPSA) is 90.8 Å². The van der Waals surface area contributed by atoms with Gasteiger partial charge in [-0.05, 0) is 18.2 Å². The summed E-state index contributed by atoms with van der Waals surface area (Å²) in [6.07, 6.45) is 6.51. The first kappa shape index (κ1) is 13.6. The normalized spacial score (nSPS) is 28.6. The van der Waals surface area contributed by atoms with Gasteiger partial charge in [-0.2, -0.15) is 10.5 Å². The first-order valence-corrected chi connectivity index (χ1v) is 5.87. The highest BCUT2D eigenvalue weighted by Crippen LogP contribution is 2.28. The summed E-state index contributed by atoms with van der Waals surface area (Å²) in [6.45, 7) is 0. The maximum Gasteiger partial charge on any atom is 0.227 e. The summed E-state index contributed by atoms with van der Waals surface area (Å²) < 4.78 is 10.4. The Morgan fingerprint density at radius 1 is 1.20 bits per heavy atom. The maximum atomic E-state index is 9.26. The van der Waals surface area contributed by atoms with Crippen LogP contribution in [0.5, 0.6) is 0 Å². The predicted molar refractivity (Wildman–Crippen MR) is 72.7 cm³/mol. The molecule has 2 heterocycles. The Balaban J connectivity index is 2.58. The van der Waals surface area contributed by atoms with Crippen molar-refractivity contribution in [2.75, 3.05) is 14.2 Å². The molecular weight excluding hydrogens is 256 g/mol. The molecule has 0 aliphatic carbocycles. The molecule has 6 nitrogen and oxygen atoms in total. The number of dihydropyridines is 1. The third-order valence-electron chi connectivity index (χ3n) is 2.99. The van der Waals surface area contributed by atoms with Gasteiger partial charge in [0.1, 0.15) is 17.7 Å². The molecule has 0 amide bonds. The van der Waals surface area contributed by atoms with Crippen LogP contribution < -0.4 is 0 Å². The van der Waals surface area contributed by atoms with Crippen LogP contribution in [-0.2, 0) is 9.47 Å². The van der Waals surface area contributed by atoms with Crippen molar-refractivity contribution in [1.29, 1.82) is 10.5 Å². The van der Waals surface area contributed by atoms with Crippen LogP contribution in [0.25, 0.3) is 0 Å². The van der Waals surface area contributed by atoms with Crippen molar-refractivity contribution in [2.24, 2.45) is 15.9 Å². The highest BCUT2D eigenvalue weighted by Gasteiger charge is 2.34. The van der Waals surface area contributed by atoms with Crippen molar-refractivity contribution in [3.63, 3.8) is 0 Å². The number of hydrogen-bond acceptors (Lipinski definition) is 6. The van der Waals surface area contributed by atoms with Crippen molar-refractivity contribution >= 4 is 11.8 Å². The molecule has 0 spiro atoms. The van der Waals surface area contributed by atoms with Gasteiger partial charge in [-0.3, -0.25) is 0 Å². The van der Waals surface area contributed by atoms with Gasteiger partial charge >= 0.3 is 0 Å². The molecule has 2 aliphatic rings. The third kappa shape index (κ3) is 2.32. The number of rotatable bonds is 0. The molecule has 0 N–H and O–H groups in total. The number of hydrogen-bond donors (Lipinski definition) is 0. The summed E-state index contributed by atoms with van der Waals surface area (Å²) in [6, 6.07) is 3.64. The molecule has 100 valence electrons. The van der Waals surface area contributed by atoms with Gasteiger partial charge in [-0.1, -0.05) is 0 Å². The first-order valence-electron chi connectivity index (χ1n) is 5.87. The molecule has 2 rings (SSSR count). The molecular formula is C14H12N4O2. The van der Waals surface area contributed by atoms with Crippen molar-refractivity contribution in [3.8, 4) is 12.1 Å². The molecule has 0 saturated carbocycles. The second-order valence-electron chi connectivity index (χ2n) is 4.05. The Labute approximate surface area is 116 Å². The van der Waals surface area contributed by atoms with Gasteiger partial charge < -0.3 is 9.47 Å². The predicted octanol–water partition coefficient (Wildman–Crippen LogP) is 1.50. The molecule has 0 bridgehead atoms. The second-order valence-corrected chi connectivity index (χ2v) is 4.05. The van der Waals surface area contributed by atoms with Crippen molar-refractivity contribution in [1.82, 2.24) is 0 Å². The minimum absolute atomic E-state index is 0.218. The average Bonchev–Trinajstić information content (AvgIpc) is 2.48. The summed E-state index contributed by atoms with van der Waals surface area (Å²) in [5.74, 6) is 0.220. The fraction of sp³-hybridized carbons (Fsp3) is 0.286. The summed E-state index contributed by atoms with van der Waals surface area (Å²) in [7, 11) is 2.94. The molecule has 20 heavy (non-hydrogen) atoms. The van der Waals surface area contributed by atoms with Crippen molar-refractivity contribution in [3.05, 3.63) is 35.6 Å². The van der Waals surface area contributed by atoms with Crippen LogP contribution in [0.1, 0.15) is 0 Å². The number of methoxy groups -OCH3 is 2. The Bertz CT molecular complexity index is 641. The van der Waals surface area contributed by atoms with Gasteiger partial charge in [0.05, 0.1) is 31.8 Å². The SMILES string of the molecule is COC1=NC2/C(C#N)=C\C=C/N=C(OC)C2C=C1C#N. The van der Waals surface area contributed by atoms with Crippen LogP contribution in [0.3, 0.4) is 0 Å². The fourth-order valence-corrected chi connectivity index (χ4v) is 2.08. The Morgan fingerprint density at radius 3 is 2.60 bits per heavy atom. The molecule has 0 saturated heterocycles. The number of nitrogens with zero attached hydrogens (tertiary/aromatic N) is 4. The molecule has 0 fully saturated rings. The van der Waals surface area contributed by atoms with E-state index < -0.39 is 12.0 Å². The zero-order chi connectivity index (χ0) is 14.5. The van der Waals surface area contributed by atoms with E-state index in [9.17, 15) is 5.26 Å². The van der Waals surface area contributed by atoms with Crippen LogP contribution in [0.4, 0.5) is 0 Å². The molecule has 0 aromatic rings. The average molecular weight is 268 g/mol. The van der Waals surface area contributed by atoms with Gasteiger partial charge in [0.2, 0.25) is 5.90 Å². The van der Waals surface area contributed by atoms with Gasteiger partial charge in [-0.15, -0.1) is 0 Å². The summed E-state index contributed by atoms with van der Waals surface area (Å²) in [5.41, 5.74) is 0.763. The minimum Gasteiger partial charge on any atom is -0.484 e. The highest BCUT2D eigenvalue weighted by atomic mass is 16.5. The Morgan fingerprint density at radius 2 is 2.00 bits per heavy atom. The monoisotopic (exact) mass is 268 g/mol. The van der Waals surface area contributed by atoms with Gasteiger partial charge in [-0.25, -0.2) is 9.98 Å². The quantitative estimate of drug-likeness (QED) is 0.665. The van der Waals surface area contributed by atoms with E-state index in [0.717, 1.165) is 0 Å². The van der Waals surface area contributed by atoms with Gasteiger partial charge in [0.15, 0.2) is 5.90 Å². The van der Waals surface area contributed by atoms with Crippen LogP contribution in [-0.4, -0.2) is 32.1 Å². The van der Waals surface area contributed by atoms with Crippen LogP contribution in [0, 0.1) is 28.6 Å². The van der Waals surface area contributed by atoms with E-state index >= 15 is 0 Å². The lowest BCUT2D eigenvalue weighted by Gasteiger charge is -2.26. The Kier molecular flexibility index (Phi) is 3.97.